The number of hydrogen-bond acceptors (Lipinski definition) is 3. The number of rotatable bonds is 3. The number of aliphatic hydroxyl groups is 1. The van der Waals surface area contributed by atoms with E-state index in [1.54, 1.807) is 4.57 Å². The highest BCUT2D eigenvalue weighted by atomic mass is 16.3. The van der Waals surface area contributed by atoms with Gasteiger partial charge in [-0.05, 0) is 25.5 Å². The average Bonchev–Trinajstić information content (AvgIpc) is 2.12. The molecule has 0 aromatic carbocycles. The van der Waals surface area contributed by atoms with E-state index < -0.39 is 0 Å². The topological polar surface area (TPSA) is 68.2 Å². The molecule has 3 N–H and O–H groups in total. The fourth-order valence-electron chi connectivity index (χ4n) is 1.60. The second kappa shape index (κ2) is 4.39. The molecule has 4 heteroatoms. The van der Waals surface area contributed by atoms with E-state index >= 15 is 0 Å². The Bertz CT molecular complexity index is 382. The molecule has 0 bridgehead atoms. The second-order valence-electron chi connectivity index (χ2n) is 3.33. The number of pyridine rings is 1. The Morgan fingerprint density at radius 3 is 2.64 bits per heavy atom. The Balaban J connectivity index is 3.36. The molecule has 0 spiro atoms. The summed E-state index contributed by atoms with van der Waals surface area (Å²) in [5, 5.41) is 8.81. The Morgan fingerprint density at radius 2 is 2.14 bits per heavy atom. The van der Waals surface area contributed by atoms with Crippen molar-refractivity contribution in [2.45, 2.75) is 26.9 Å². The molecule has 1 aromatic heterocycles. The third kappa shape index (κ3) is 1.86. The molecule has 1 heterocycles. The van der Waals surface area contributed by atoms with Gasteiger partial charge in [0.25, 0.3) is 5.56 Å². The van der Waals surface area contributed by atoms with Gasteiger partial charge in [0.2, 0.25) is 0 Å². The molecule has 0 aliphatic carbocycles. The molecular weight excluding hydrogens is 180 g/mol. The van der Waals surface area contributed by atoms with Gasteiger partial charge in [-0.25, -0.2) is 0 Å². The van der Waals surface area contributed by atoms with Crippen LogP contribution in [0.2, 0.25) is 0 Å². The minimum atomic E-state index is -0.0842. The molecule has 0 unspecified atom stereocenters. The minimum absolute atomic E-state index is 0.0339. The van der Waals surface area contributed by atoms with Crippen molar-refractivity contribution in [3.8, 4) is 0 Å². The molecule has 1 aromatic rings. The molecule has 0 radical (unpaired) electrons. The Labute approximate surface area is 83.0 Å². The second-order valence-corrected chi connectivity index (χ2v) is 3.33. The third-order valence-corrected chi connectivity index (χ3v) is 2.36. The minimum Gasteiger partial charge on any atom is -0.395 e. The lowest BCUT2D eigenvalue weighted by Gasteiger charge is -2.12. The number of nitrogens with zero attached hydrogens (tertiary/aromatic N) is 1. The van der Waals surface area contributed by atoms with Gasteiger partial charge in [0.1, 0.15) is 0 Å². The van der Waals surface area contributed by atoms with Gasteiger partial charge < -0.3 is 15.4 Å². The molecular formula is C10H16N2O2. The van der Waals surface area contributed by atoms with E-state index in [1.165, 1.54) is 0 Å². The summed E-state index contributed by atoms with van der Waals surface area (Å²) in [6, 6.07) is 1.92. The zero-order valence-electron chi connectivity index (χ0n) is 8.58. The number of nitrogens with two attached hydrogens (primary N) is 1. The van der Waals surface area contributed by atoms with Crippen LogP contribution in [-0.2, 0) is 13.1 Å². The van der Waals surface area contributed by atoms with Crippen LogP contribution >= 0.6 is 0 Å². The lowest BCUT2D eigenvalue weighted by atomic mass is 10.1. The molecule has 0 atom stereocenters. The monoisotopic (exact) mass is 196 g/mol. The van der Waals surface area contributed by atoms with Crippen molar-refractivity contribution in [1.82, 2.24) is 4.57 Å². The third-order valence-electron chi connectivity index (χ3n) is 2.36. The van der Waals surface area contributed by atoms with Gasteiger partial charge in [0.05, 0.1) is 6.61 Å². The standard InChI is InChI=1S/C10H16N2O2/c1-7-5-8(2)12(3-4-13)10(14)9(7)6-11/h5,13H,3-4,6,11H2,1-2H3. The molecule has 0 fully saturated rings. The first kappa shape index (κ1) is 10.9. The van der Waals surface area contributed by atoms with Gasteiger partial charge in [-0.15, -0.1) is 0 Å². The van der Waals surface area contributed by atoms with E-state index in [0.29, 0.717) is 12.1 Å². The van der Waals surface area contributed by atoms with Gasteiger partial charge in [-0.3, -0.25) is 4.79 Å². The van der Waals surface area contributed by atoms with Crippen LogP contribution < -0.4 is 11.3 Å². The summed E-state index contributed by atoms with van der Waals surface area (Å²) in [6.07, 6.45) is 0. The van der Waals surface area contributed by atoms with Crippen molar-refractivity contribution in [2.24, 2.45) is 5.73 Å². The van der Waals surface area contributed by atoms with E-state index in [9.17, 15) is 4.79 Å². The molecule has 0 saturated carbocycles. The largest absolute Gasteiger partial charge is 0.395 e. The van der Waals surface area contributed by atoms with Crippen LogP contribution in [0.1, 0.15) is 16.8 Å². The number of hydrogen-bond donors (Lipinski definition) is 2. The first-order chi connectivity index (χ1) is 6.61. The molecule has 0 aliphatic rings. The Hall–Kier alpha value is -1.13. The predicted octanol–water partition coefficient (Wildman–Crippen LogP) is -0.0839. The van der Waals surface area contributed by atoms with Crippen LogP contribution in [0.5, 0.6) is 0 Å². The quantitative estimate of drug-likeness (QED) is 0.710. The van der Waals surface area contributed by atoms with Crippen molar-refractivity contribution >= 4 is 0 Å². The average molecular weight is 196 g/mol. The Morgan fingerprint density at radius 1 is 1.50 bits per heavy atom. The van der Waals surface area contributed by atoms with Crippen molar-refractivity contribution in [1.29, 1.82) is 0 Å². The smallest absolute Gasteiger partial charge is 0.255 e. The van der Waals surface area contributed by atoms with Gasteiger partial charge in [0.15, 0.2) is 0 Å². The summed E-state index contributed by atoms with van der Waals surface area (Å²) in [5.74, 6) is 0. The van der Waals surface area contributed by atoms with Crippen LogP contribution in [-0.4, -0.2) is 16.3 Å². The van der Waals surface area contributed by atoms with Crippen LogP contribution in [0, 0.1) is 13.8 Å². The highest BCUT2D eigenvalue weighted by Gasteiger charge is 2.07. The fraction of sp³-hybridized carbons (Fsp3) is 0.500. The maximum atomic E-state index is 11.8. The van der Waals surface area contributed by atoms with Gasteiger partial charge in [0, 0.05) is 24.3 Å². The lowest BCUT2D eigenvalue weighted by molar-refractivity contribution is 0.272. The highest BCUT2D eigenvalue weighted by molar-refractivity contribution is 5.25. The molecule has 4 nitrogen and oxygen atoms in total. The maximum absolute atomic E-state index is 11.8. The van der Waals surface area contributed by atoms with Crippen molar-refractivity contribution < 1.29 is 5.11 Å². The summed E-state index contributed by atoms with van der Waals surface area (Å²) in [6.45, 7) is 4.27. The van der Waals surface area contributed by atoms with Gasteiger partial charge in [-0.1, -0.05) is 0 Å². The van der Waals surface area contributed by atoms with Crippen molar-refractivity contribution in [3.63, 3.8) is 0 Å². The van der Waals surface area contributed by atoms with Crippen LogP contribution in [0.25, 0.3) is 0 Å². The predicted molar refractivity (Wildman–Crippen MR) is 55.2 cm³/mol. The molecule has 0 amide bonds. The summed E-state index contributed by atoms with van der Waals surface area (Å²) >= 11 is 0. The zero-order chi connectivity index (χ0) is 10.7. The number of aromatic nitrogens is 1. The maximum Gasteiger partial charge on any atom is 0.255 e. The number of aliphatic hydroxyl groups excluding tert-OH is 1. The first-order valence-corrected chi connectivity index (χ1v) is 4.62. The van der Waals surface area contributed by atoms with Gasteiger partial charge >= 0.3 is 0 Å². The fourth-order valence-corrected chi connectivity index (χ4v) is 1.60. The molecule has 0 saturated heterocycles. The molecule has 0 aliphatic heterocycles. The van der Waals surface area contributed by atoms with Gasteiger partial charge in [-0.2, -0.15) is 0 Å². The van der Waals surface area contributed by atoms with E-state index in [2.05, 4.69) is 0 Å². The Kier molecular flexibility index (Phi) is 3.43. The van der Waals surface area contributed by atoms with E-state index in [4.69, 9.17) is 10.8 Å². The summed E-state index contributed by atoms with van der Waals surface area (Å²) in [5.41, 5.74) is 7.82. The van der Waals surface area contributed by atoms with E-state index in [1.807, 2.05) is 19.9 Å². The molecule has 78 valence electrons. The van der Waals surface area contributed by atoms with Crippen molar-refractivity contribution in [3.05, 3.63) is 33.2 Å². The molecule has 1 rings (SSSR count). The summed E-state index contributed by atoms with van der Waals surface area (Å²) in [7, 11) is 0. The zero-order valence-corrected chi connectivity index (χ0v) is 8.58. The van der Waals surface area contributed by atoms with Crippen molar-refractivity contribution in [2.75, 3.05) is 6.61 Å². The van der Waals surface area contributed by atoms with Crippen LogP contribution in [0.3, 0.4) is 0 Å². The van der Waals surface area contributed by atoms with E-state index in [-0.39, 0.29) is 18.7 Å². The molecule has 14 heavy (non-hydrogen) atoms. The highest BCUT2D eigenvalue weighted by Crippen LogP contribution is 2.05. The normalized spacial score (nSPS) is 10.6. The van der Waals surface area contributed by atoms with Crippen LogP contribution in [0.15, 0.2) is 10.9 Å². The SMILES string of the molecule is Cc1cc(C)n(CCO)c(=O)c1CN. The summed E-state index contributed by atoms with van der Waals surface area (Å²) in [4.78, 5) is 11.8. The number of aryl methyl sites for hydroxylation is 2. The van der Waals surface area contributed by atoms with E-state index in [0.717, 1.165) is 11.3 Å². The first-order valence-electron chi connectivity index (χ1n) is 4.62. The van der Waals surface area contributed by atoms with Crippen LogP contribution in [0.4, 0.5) is 0 Å². The summed E-state index contributed by atoms with van der Waals surface area (Å²) < 4.78 is 1.55. The lowest BCUT2D eigenvalue weighted by Crippen LogP contribution is -2.29.